The number of nitrogens with one attached hydrogen (secondary N) is 4. The fourth-order valence-corrected chi connectivity index (χ4v) is 12.2. The molecule has 4 aliphatic rings. The second-order valence-electron chi connectivity index (χ2n) is 19.1. The number of nitrogens with two attached hydrogens (primary N) is 1. The number of halogens is 3. The van der Waals surface area contributed by atoms with E-state index in [1.54, 1.807) is 47.2 Å². The molecule has 0 aromatic carbocycles. The van der Waals surface area contributed by atoms with Gasteiger partial charge in [0.15, 0.2) is 0 Å². The number of alkyl halides is 3. The van der Waals surface area contributed by atoms with Crippen molar-refractivity contribution >= 4 is 92.5 Å². The Bertz CT molecular complexity index is 3330. The van der Waals surface area contributed by atoms with Gasteiger partial charge in [0.25, 0.3) is 0 Å². The SMILES string of the molecule is C.CCNC(=O)N1CCN(Cc2csc3c(-c4cnc(OC)c(NS(C)(=O)=O)c4)nc(N4CCOCC4)nc23)CC1.COc1ncc(-c2nc(N3CCOCC3)nc3c(CN4CCNCC4)csc23)cc1NS(C)(=O)=O.NCC(F)(F)F. The minimum absolute atomic E-state index is 0. The zero-order valence-electron chi connectivity index (χ0n) is 45.5. The second-order valence-corrected chi connectivity index (χ2v) is 24.3. The molecular formula is C50H71F3N16O9S4. The molecular weight excluding hydrogens is 1150 g/mol. The van der Waals surface area contributed by atoms with E-state index in [9.17, 15) is 34.8 Å². The maximum atomic E-state index is 12.2. The van der Waals surface area contributed by atoms with Crippen LogP contribution in [-0.2, 0) is 42.6 Å². The van der Waals surface area contributed by atoms with Gasteiger partial charge in [-0.2, -0.15) is 13.2 Å². The topological polar surface area (TPSA) is 290 Å². The molecule has 0 spiro atoms. The van der Waals surface area contributed by atoms with E-state index in [0.29, 0.717) is 108 Å². The molecule has 0 atom stereocenters. The van der Waals surface area contributed by atoms with Gasteiger partial charge in [-0.1, -0.05) is 7.43 Å². The summed E-state index contributed by atoms with van der Waals surface area (Å²) < 4.78 is 108. The van der Waals surface area contributed by atoms with Crippen LogP contribution >= 0.6 is 22.7 Å². The van der Waals surface area contributed by atoms with E-state index < -0.39 is 32.8 Å². The number of anilines is 4. The van der Waals surface area contributed by atoms with Crippen molar-refractivity contribution in [2.45, 2.75) is 33.6 Å². The van der Waals surface area contributed by atoms with Crippen LogP contribution in [0.1, 0.15) is 25.5 Å². The highest BCUT2D eigenvalue weighted by Gasteiger charge is 2.27. The van der Waals surface area contributed by atoms with Gasteiger partial charge in [-0.3, -0.25) is 19.2 Å². The lowest BCUT2D eigenvalue weighted by Crippen LogP contribution is -2.51. The molecule has 0 unspecified atom stereocenters. The van der Waals surface area contributed by atoms with E-state index in [-0.39, 0.29) is 36.6 Å². The van der Waals surface area contributed by atoms with Crippen LogP contribution in [0.3, 0.4) is 0 Å². The molecule has 10 rings (SSSR count). The highest BCUT2D eigenvalue weighted by Crippen LogP contribution is 2.39. The van der Waals surface area contributed by atoms with Crippen molar-refractivity contribution in [1.82, 2.24) is 55.2 Å². The fraction of sp³-hybridized carbons (Fsp3) is 0.540. The van der Waals surface area contributed by atoms with E-state index in [1.807, 2.05) is 11.8 Å². The fourth-order valence-electron chi connectivity index (χ4n) is 9.09. The molecule has 4 fully saturated rings. The van der Waals surface area contributed by atoms with Crippen LogP contribution in [0.5, 0.6) is 11.8 Å². The van der Waals surface area contributed by atoms with E-state index in [0.717, 1.165) is 90.0 Å². The van der Waals surface area contributed by atoms with Crippen molar-refractivity contribution < 1.29 is 53.7 Å². The lowest BCUT2D eigenvalue weighted by atomic mass is 10.1. The second kappa shape index (κ2) is 28.5. The van der Waals surface area contributed by atoms with Crippen LogP contribution in [0, 0.1) is 0 Å². The van der Waals surface area contributed by atoms with Gasteiger partial charge >= 0.3 is 12.2 Å². The molecule has 25 nitrogen and oxygen atoms in total. The standard InChI is InChI=1S/C25H34N8O5S2.C22H29N7O4S2.C2H4F3N.CH4/c1-4-26-25(34)33-7-5-31(6-8-33)15-18-16-39-22-20(28-24(29-21(18)22)32-9-11-38-12-10-32)17-13-19(30-40(3,35)36)23(37-2)27-14-17;1-32-21-17(27-35(2,30)31)11-15(12-24-21)18-20-19(26-22(25-18)29-7-9-33-10-8-29)16(14-34-20)13-28-5-3-23-4-6-28;3-2(4,5)1-6;/h13-14,16,30H,4-12,15H2,1-3H3,(H,26,34);11-12,14,23,27H,3-10,13H2,1-2H3;1,6H2;1H4. The van der Waals surface area contributed by atoms with Crippen LogP contribution in [0.15, 0.2) is 35.3 Å². The minimum Gasteiger partial charge on any atom is -0.480 e. The average Bonchev–Trinajstić information content (AvgIpc) is 4.22. The molecule has 0 saturated carbocycles. The number of sulfonamides is 2. The number of methoxy groups -OCH3 is 2. The number of fused-ring (bicyclic) bond motifs is 2. The summed E-state index contributed by atoms with van der Waals surface area (Å²) >= 11 is 3.15. The summed E-state index contributed by atoms with van der Waals surface area (Å²) in [4.78, 5) is 51.6. The molecule has 6 N–H and O–H groups in total. The number of rotatable bonds is 15. The van der Waals surface area contributed by atoms with Crippen molar-refractivity contribution in [2.24, 2.45) is 5.73 Å². The molecule has 82 heavy (non-hydrogen) atoms. The Morgan fingerprint density at radius 1 is 0.695 bits per heavy atom. The van der Waals surface area contributed by atoms with Gasteiger partial charge in [0.05, 0.1) is 91.5 Å². The van der Waals surface area contributed by atoms with E-state index in [4.69, 9.17) is 38.9 Å². The maximum absolute atomic E-state index is 12.2. The first-order valence-electron chi connectivity index (χ1n) is 25.9. The summed E-state index contributed by atoms with van der Waals surface area (Å²) in [6.07, 6.45) is 1.30. The Morgan fingerprint density at radius 3 is 1.49 bits per heavy atom. The average molecular weight is 1230 g/mol. The van der Waals surface area contributed by atoms with E-state index in [1.165, 1.54) is 19.8 Å². The van der Waals surface area contributed by atoms with Crippen LogP contribution in [-0.4, -0.2) is 218 Å². The zero-order valence-corrected chi connectivity index (χ0v) is 48.8. The number of thiophene rings is 2. The molecule has 6 aromatic rings. The third-order valence-corrected chi connectivity index (χ3v) is 16.2. The van der Waals surface area contributed by atoms with Crippen LogP contribution in [0.4, 0.5) is 41.2 Å². The van der Waals surface area contributed by atoms with Crippen molar-refractivity contribution in [1.29, 1.82) is 0 Å². The summed E-state index contributed by atoms with van der Waals surface area (Å²) in [5, 5.41) is 10.5. The molecule has 450 valence electrons. The van der Waals surface area contributed by atoms with Gasteiger partial charge in [0, 0.05) is 133 Å². The Labute approximate surface area is 483 Å². The van der Waals surface area contributed by atoms with Gasteiger partial charge < -0.3 is 50.0 Å². The highest BCUT2D eigenvalue weighted by molar-refractivity contribution is 7.92. The summed E-state index contributed by atoms with van der Waals surface area (Å²) in [6, 6.07) is 3.39. The van der Waals surface area contributed by atoms with Crippen LogP contribution in [0.25, 0.3) is 42.9 Å². The predicted octanol–water partition coefficient (Wildman–Crippen LogP) is 4.34. The quantitative estimate of drug-likeness (QED) is 0.0956. The monoisotopic (exact) mass is 1220 g/mol. The molecule has 0 aliphatic carbocycles. The summed E-state index contributed by atoms with van der Waals surface area (Å²) in [6.45, 7) is 14.9. The van der Waals surface area contributed by atoms with Gasteiger partial charge in [-0.05, 0) is 29.8 Å². The Morgan fingerprint density at radius 2 is 1.11 bits per heavy atom. The number of aromatic nitrogens is 6. The third kappa shape index (κ3) is 17.0. The number of carbonyl (C=O) groups is 1. The van der Waals surface area contributed by atoms with Gasteiger partial charge in [-0.25, -0.2) is 51.5 Å². The highest BCUT2D eigenvalue weighted by atomic mass is 32.2. The largest absolute Gasteiger partial charge is 0.480 e. The molecule has 4 aliphatic heterocycles. The summed E-state index contributed by atoms with van der Waals surface area (Å²) in [5.74, 6) is 1.61. The number of hydrogen-bond acceptors (Lipinski definition) is 23. The van der Waals surface area contributed by atoms with Crippen molar-refractivity contribution in [3.8, 4) is 34.3 Å². The van der Waals surface area contributed by atoms with Gasteiger partial charge in [-0.15, -0.1) is 22.7 Å². The minimum atomic E-state index is -4.18. The molecule has 32 heteroatoms. The third-order valence-electron chi connectivity index (χ3n) is 13.0. The van der Waals surface area contributed by atoms with E-state index in [2.05, 4.69) is 66.1 Å². The normalized spacial score (nSPS) is 16.6. The smallest absolute Gasteiger partial charge is 0.400 e. The Kier molecular flexibility index (Phi) is 22.0. The lowest BCUT2D eigenvalue weighted by Gasteiger charge is -2.34. The molecule has 2 amide bonds. The number of morpholine rings is 2. The first-order chi connectivity index (χ1) is 38.7. The maximum Gasteiger partial charge on any atom is 0.400 e. The number of pyridine rings is 2. The number of piperazine rings is 2. The lowest BCUT2D eigenvalue weighted by molar-refractivity contribution is -0.118. The number of amides is 2. The van der Waals surface area contributed by atoms with Crippen molar-refractivity contribution in [3.05, 3.63) is 46.4 Å². The zero-order chi connectivity index (χ0) is 57.9. The molecule has 10 heterocycles. The van der Waals surface area contributed by atoms with Crippen LogP contribution < -0.4 is 45.1 Å². The molecule has 0 radical (unpaired) electrons. The number of urea groups is 1. The first-order valence-corrected chi connectivity index (χ1v) is 31.5. The number of hydrogen-bond donors (Lipinski definition) is 5. The summed E-state index contributed by atoms with van der Waals surface area (Å²) in [5.41, 5.74) is 11.5. The summed E-state index contributed by atoms with van der Waals surface area (Å²) in [7, 11) is -4.18. The number of ether oxygens (including phenoxy) is 4. The molecule has 6 aromatic heterocycles. The molecule has 0 bridgehead atoms. The van der Waals surface area contributed by atoms with Gasteiger partial charge in [0.1, 0.15) is 11.4 Å². The Hall–Kier alpha value is -6.10. The van der Waals surface area contributed by atoms with Crippen molar-refractivity contribution in [3.63, 3.8) is 0 Å². The van der Waals surface area contributed by atoms with Crippen LogP contribution in [0.2, 0.25) is 0 Å². The van der Waals surface area contributed by atoms with Crippen molar-refractivity contribution in [2.75, 3.05) is 164 Å². The number of nitrogens with zero attached hydrogens (tertiary/aromatic N) is 11. The Balaban J connectivity index is 0.000000214. The first kappa shape index (κ1) is 63.5. The number of carbonyl (C=O) groups excluding carboxylic acids is 1. The van der Waals surface area contributed by atoms with E-state index >= 15 is 0 Å². The predicted molar refractivity (Wildman–Crippen MR) is 313 cm³/mol. The molecule has 4 saturated heterocycles. The van der Waals surface area contributed by atoms with Gasteiger partial charge in [0.2, 0.25) is 43.7 Å².